The third kappa shape index (κ3) is 6.39. The first-order chi connectivity index (χ1) is 24.1. The lowest BCUT2D eigenvalue weighted by Gasteiger charge is -2.26. The normalized spacial score (nSPS) is 17.5. The average Bonchev–Trinajstić information content (AvgIpc) is 3.80. The number of alkyl halides is 12. The van der Waals surface area contributed by atoms with Crippen molar-refractivity contribution >= 4 is 5.97 Å². The Hall–Kier alpha value is -5.27. The summed E-state index contributed by atoms with van der Waals surface area (Å²) in [5, 5.41) is 10.9. The number of benzene rings is 5. The Kier molecular flexibility index (Phi) is 8.54. The summed E-state index contributed by atoms with van der Waals surface area (Å²) in [6.07, 6.45) is -21.5. The lowest BCUT2D eigenvalue weighted by Crippen LogP contribution is -2.31. The first-order valence-corrected chi connectivity index (χ1v) is 15.2. The molecular weight excluding hydrogens is 716 g/mol. The van der Waals surface area contributed by atoms with Crippen LogP contribution in [0.15, 0.2) is 115 Å². The van der Waals surface area contributed by atoms with Crippen molar-refractivity contribution in [3.8, 4) is 22.3 Å². The smallest absolute Gasteiger partial charge is 0.416 e. The lowest BCUT2D eigenvalue weighted by molar-refractivity contribution is -0.144. The van der Waals surface area contributed by atoms with Gasteiger partial charge in [-0.25, -0.2) is 0 Å². The van der Waals surface area contributed by atoms with Crippen LogP contribution < -0.4 is 0 Å². The van der Waals surface area contributed by atoms with E-state index in [0.29, 0.717) is 35.4 Å². The molecule has 2 nitrogen and oxygen atoms in total. The van der Waals surface area contributed by atoms with Gasteiger partial charge in [-0.15, -0.1) is 0 Å². The highest BCUT2D eigenvalue weighted by molar-refractivity contribution is 5.93. The van der Waals surface area contributed by atoms with Gasteiger partial charge in [0.2, 0.25) is 0 Å². The van der Waals surface area contributed by atoms with Gasteiger partial charge >= 0.3 is 30.7 Å². The van der Waals surface area contributed by atoms with Gasteiger partial charge < -0.3 is 5.11 Å². The van der Waals surface area contributed by atoms with Crippen LogP contribution in [0.5, 0.6) is 0 Å². The van der Waals surface area contributed by atoms with Crippen LogP contribution in [0, 0.1) is 0 Å². The number of carbonyl (C=O) groups is 1. The first-order valence-electron chi connectivity index (χ1n) is 15.2. The number of rotatable bonds is 6. The van der Waals surface area contributed by atoms with E-state index in [1.807, 2.05) is 0 Å². The molecule has 1 atom stereocenters. The number of halogens is 12. The molecule has 5 aromatic rings. The van der Waals surface area contributed by atoms with Crippen molar-refractivity contribution in [2.75, 3.05) is 0 Å². The standard InChI is InChI=1S/C38H22F12O2/c39-35(40,41)28-14-23(15-29(18-28)36(42,43)44)21-11-22(24-16-30(37(45,46)47)19-31(17-24)38(48,49)50)13-27(12-21)34(32(51)52)20-33(34,25-7-3-1-4-8-25)26-9-5-2-6-10-26/h1-19H,20H2,(H,51,52)/t34-/m0/s1. The Labute approximate surface area is 287 Å². The van der Waals surface area contributed by atoms with Crippen LogP contribution in [0.1, 0.15) is 45.4 Å². The monoisotopic (exact) mass is 738 g/mol. The molecule has 0 aliphatic heterocycles. The zero-order valence-corrected chi connectivity index (χ0v) is 26.1. The van der Waals surface area contributed by atoms with Crippen molar-refractivity contribution < 1.29 is 62.6 Å². The van der Waals surface area contributed by atoms with Crippen LogP contribution in [-0.4, -0.2) is 11.1 Å². The molecule has 1 fully saturated rings. The van der Waals surface area contributed by atoms with Gasteiger partial charge in [0.15, 0.2) is 0 Å². The van der Waals surface area contributed by atoms with Gasteiger partial charge in [-0.3, -0.25) is 4.79 Å². The van der Waals surface area contributed by atoms with Crippen LogP contribution in [0.4, 0.5) is 52.7 Å². The summed E-state index contributed by atoms with van der Waals surface area (Å²) < 4.78 is 167. The van der Waals surface area contributed by atoms with Crippen LogP contribution in [0.25, 0.3) is 22.3 Å². The average molecular weight is 739 g/mol. The molecule has 1 N–H and O–H groups in total. The second-order valence-electron chi connectivity index (χ2n) is 12.4. The van der Waals surface area contributed by atoms with E-state index in [0.717, 1.165) is 18.2 Å². The molecule has 0 heterocycles. The second kappa shape index (κ2) is 12.2. The maximum atomic E-state index is 13.9. The number of hydrogen-bond donors (Lipinski definition) is 1. The van der Waals surface area contributed by atoms with Crippen LogP contribution in [-0.2, 0) is 40.3 Å². The Morgan fingerprint density at radius 3 is 1.04 bits per heavy atom. The minimum absolute atomic E-state index is 0.147. The Bertz CT molecular complexity index is 1950. The molecule has 0 amide bonds. The minimum atomic E-state index is -5.31. The topological polar surface area (TPSA) is 37.3 Å². The number of carboxylic acid groups (broad SMARTS) is 1. The number of carboxylic acids is 1. The van der Waals surface area contributed by atoms with Gasteiger partial charge in [0, 0.05) is 5.41 Å². The van der Waals surface area contributed by atoms with Gasteiger partial charge in [-0.05, 0) is 100.0 Å². The Morgan fingerprint density at radius 1 is 0.442 bits per heavy atom. The zero-order chi connectivity index (χ0) is 38.1. The van der Waals surface area contributed by atoms with E-state index < -0.39 is 86.0 Å². The fourth-order valence-electron chi connectivity index (χ4n) is 6.84. The molecule has 0 aromatic heterocycles. The molecule has 5 aromatic carbocycles. The van der Waals surface area contributed by atoms with Crippen molar-refractivity contribution in [1.82, 2.24) is 0 Å². The maximum Gasteiger partial charge on any atom is 0.416 e. The van der Waals surface area contributed by atoms with E-state index in [-0.39, 0.29) is 24.1 Å². The Morgan fingerprint density at radius 2 is 0.750 bits per heavy atom. The van der Waals surface area contributed by atoms with E-state index in [2.05, 4.69) is 0 Å². The highest BCUT2D eigenvalue weighted by Gasteiger charge is 2.74. The van der Waals surface area contributed by atoms with E-state index in [4.69, 9.17) is 0 Å². The minimum Gasteiger partial charge on any atom is -0.481 e. The van der Waals surface area contributed by atoms with Crippen LogP contribution in [0.3, 0.4) is 0 Å². The SMILES string of the molecule is O=C(O)[C@@]1(c2cc(-c3cc(C(F)(F)F)cc(C(F)(F)F)c3)cc(-c3cc(C(F)(F)F)cc(C(F)(F)F)c3)c2)CC1(c1ccccc1)c1ccccc1. The molecule has 0 unspecified atom stereocenters. The molecule has 0 bridgehead atoms. The molecule has 1 aliphatic rings. The summed E-state index contributed by atoms with van der Waals surface area (Å²) >= 11 is 0. The predicted molar refractivity (Wildman–Crippen MR) is 165 cm³/mol. The second-order valence-corrected chi connectivity index (χ2v) is 12.4. The van der Waals surface area contributed by atoms with Crippen LogP contribution in [0.2, 0.25) is 0 Å². The maximum absolute atomic E-state index is 13.9. The van der Waals surface area contributed by atoms with E-state index in [1.165, 1.54) is 0 Å². The molecule has 14 heteroatoms. The van der Waals surface area contributed by atoms with Gasteiger partial charge in [0.05, 0.1) is 22.3 Å². The Balaban J connectivity index is 1.72. The summed E-state index contributed by atoms with van der Waals surface area (Å²) in [6.45, 7) is 0. The first kappa shape index (κ1) is 36.5. The third-order valence-corrected chi connectivity index (χ3v) is 9.30. The fourth-order valence-corrected chi connectivity index (χ4v) is 6.84. The van der Waals surface area contributed by atoms with Gasteiger partial charge in [0.25, 0.3) is 0 Å². The summed E-state index contributed by atoms with van der Waals surface area (Å²) in [4.78, 5) is 13.5. The summed E-state index contributed by atoms with van der Waals surface area (Å²) in [5.74, 6) is -1.51. The highest BCUT2D eigenvalue weighted by Crippen LogP contribution is 2.69. The summed E-state index contributed by atoms with van der Waals surface area (Å²) in [7, 11) is 0. The quantitative estimate of drug-likeness (QED) is 0.176. The summed E-state index contributed by atoms with van der Waals surface area (Å²) in [5.41, 5.74) is -12.4. The van der Waals surface area contributed by atoms with E-state index >= 15 is 0 Å². The van der Waals surface area contributed by atoms with Crippen molar-refractivity contribution in [1.29, 1.82) is 0 Å². The van der Waals surface area contributed by atoms with E-state index in [1.54, 1.807) is 60.7 Å². The molecule has 0 saturated heterocycles. The van der Waals surface area contributed by atoms with Gasteiger partial charge in [-0.1, -0.05) is 60.7 Å². The molecule has 1 aliphatic carbocycles. The molecule has 270 valence electrons. The molecule has 52 heavy (non-hydrogen) atoms. The lowest BCUT2D eigenvalue weighted by atomic mass is 9.76. The van der Waals surface area contributed by atoms with Crippen LogP contribution >= 0.6 is 0 Å². The predicted octanol–water partition coefficient (Wildman–Crippen LogP) is 11.8. The molecular formula is C38H22F12O2. The fraction of sp³-hybridized carbons (Fsp3) is 0.184. The van der Waals surface area contributed by atoms with Gasteiger partial charge in [0.1, 0.15) is 5.41 Å². The van der Waals surface area contributed by atoms with E-state index in [9.17, 15) is 62.6 Å². The molecule has 0 spiro atoms. The van der Waals surface area contributed by atoms with Gasteiger partial charge in [-0.2, -0.15) is 52.7 Å². The van der Waals surface area contributed by atoms with Crippen molar-refractivity contribution in [2.24, 2.45) is 0 Å². The molecule has 1 saturated carbocycles. The molecule has 0 radical (unpaired) electrons. The number of aliphatic carboxylic acids is 1. The number of hydrogen-bond acceptors (Lipinski definition) is 1. The van der Waals surface area contributed by atoms with Crippen molar-refractivity contribution in [3.63, 3.8) is 0 Å². The van der Waals surface area contributed by atoms with Crippen molar-refractivity contribution in [3.05, 3.63) is 154 Å². The largest absolute Gasteiger partial charge is 0.481 e. The highest BCUT2D eigenvalue weighted by atomic mass is 19.4. The van der Waals surface area contributed by atoms with Crippen molar-refractivity contribution in [2.45, 2.75) is 42.0 Å². The third-order valence-electron chi connectivity index (χ3n) is 9.30. The molecule has 6 rings (SSSR count). The zero-order valence-electron chi connectivity index (χ0n) is 26.1. The summed E-state index contributed by atoms with van der Waals surface area (Å²) in [6, 6.07) is 20.1.